The van der Waals surface area contributed by atoms with E-state index in [0.717, 1.165) is 5.56 Å². The van der Waals surface area contributed by atoms with E-state index in [1.54, 1.807) is 12.1 Å². The number of rotatable bonds is 3. The van der Waals surface area contributed by atoms with E-state index in [1.807, 2.05) is 0 Å². The number of fused-ring (bicyclic) bond motifs is 1. The Morgan fingerprint density at radius 2 is 1.82 bits per heavy atom. The minimum Gasteiger partial charge on any atom is -0.457 e. The zero-order chi connectivity index (χ0) is 15.9. The number of halogens is 2. The molecule has 0 saturated carbocycles. The molecular weight excluding hydrogens is 349 g/mol. The Kier molecular flexibility index (Phi) is 3.76. The predicted octanol–water partition coefficient (Wildman–Crippen LogP) is 3.46. The molecule has 1 aliphatic rings. The molecule has 5 nitrogen and oxygen atoms in total. The first-order valence-electron chi connectivity index (χ1n) is 6.15. The first kappa shape index (κ1) is 15.1. The molecule has 2 aromatic carbocycles. The highest BCUT2D eigenvalue weighted by molar-refractivity contribution is 7.92. The average molecular weight is 358 g/mol. The molecule has 8 heteroatoms. The Hall–Kier alpha value is -1.76. The van der Waals surface area contributed by atoms with Crippen LogP contribution >= 0.6 is 23.2 Å². The summed E-state index contributed by atoms with van der Waals surface area (Å²) in [7, 11) is -3.83. The number of anilines is 1. The number of sulfonamides is 1. The number of carbonyl (C=O) groups excluding carboxylic acids is 1. The second kappa shape index (κ2) is 5.46. The van der Waals surface area contributed by atoms with E-state index < -0.39 is 16.0 Å². The highest BCUT2D eigenvalue weighted by Crippen LogP contribution is 2.27. The zero-order valence-electron chi connectivity index (χ0n) is 11.0. The van der Waals surface area contributed by atoms with Gasteiger partial charge in [-0.3, -0.25) is 4.72 Å². The van der Waals surface area contributed by atoms with Gasteiger partial charge in [-0.2, -0.15) is 0 Å². The van der Waals surface area contributed by atoms with Crippen LogP contribution in [0.3, 0.4) is 0 Å². The quantitative estimate of drug-likeness (QED) is 0.853. The lowest BCUT2D eigenvalue weighted by Crippen LogP contribution is -2.13. The fourth-order valence-corrected chi connectivity index (χ4v) is 3.47. The summed E-state index contributed by atoms with van der Waals surface area (Å²) in [6.07, 6.45) is 0. The number of nitrogens with one attached hydrogen (secondary N) is 1. The zero-order valence-corrected chi connectivity index (χ0v) is 13.3. The Bertz CT molecular complexity index is 880. The number of esters is 1. The van der Waals surface area contributed by atoms with Crippen molar-refractivity contribution in [1.82, 2.24) is 0 Å². The Morgan fingerprint density at radius 1 is 1.05 bits per heavy atom. The predicted molar refractivity (Wildman–Crippen MR) is 82.8 cm³/mol. The van der Waals surface area contributed by atoms with E-state index in [1.165, 1.54) is 24.3 Å². The van der Waals surface area contributed by atoms with E-state index in [0.29, 0.717) is 5.56 Å². The molecule has 1 N–H and O–H groups in total. The normalized spacial score (nSPS) is 13.6. The topological polar surface area (TPSA) is 72.5 Å². The van der Waals surface area contributed by atoms with E-state index in [9.17, 15) is 13.2 Å². The van der Waals surface area contributed by atoms with Crippen LogP contribution in [0.2, 0.25) is 10.0 Å². The molecular formula is C14H9Cl2NO4S. The molecule has 0 amide bonds. The van der Waals surface area contributed by atoms with Gasteiger partial charge in [-0.05, 0) is 30.3 Å². The first-order valence-corrected chi connectivity index (χ1v) is 8.39. The third kappa shape index (κ3) is 2.77. The molecule has 0 unspecified atom stereocenters. The van der Waals surface area contributed by atoms with Gasteiger partial charge in [-0.25, -0.2) is 13.2 Å². The second-order valence-electron chi connectivity index (χ2n) is 4.63. The second-order valence-corrected chi connectivity index (χ2v) is 7.13. The summed E-state index contributed by atoms with van der Waals surface area (Å²) in [5.41, 5.74) is 1.35. The Labute approximate surface area is 136 Å². The van der Waals surface area contributed by atoms with Crippen molar-refractivity contribution in [3.63, 3.8) is 0 Å². The van der Waals surface area contributed by atoms with Crippen molar-refractivity contribution < 1.29 is 17.9 Å². The van der Waals surface area contributed by atoms with Gasteiger partial charge >= 0.3 is 5.97 Å². The van der Waals surface area contributed by atoms with Gasteiger partial charge in [0.2, 0.25) is 0 Å². The summed E-state index contributed by atoms with van der Waals surface area (Å²) in [5.74, 6) is -0.467. The fraction of sp³-hybridized carbons (Fsp3) is 0.0714. The van der Waals surface area contributed by atoms with Gasteiger partial charge in [-0.15, -0.1) is 0 Å². The minimum atomic E-state index is -3.83. The summed E-state index contributed by atoms with van der Waals surface area (Å²) in [6.45, 7) is 0.202. The maximum absolute atomic E-state index is 12.3. The molecule has 2 aromatic rings. The van der Waals surface area contributed by atoms with Crippen molar-refractivity contribution >= 4 is 44.9 Å². The van der Waals surface area contributed by atoms with Crippen molar-refractivity contribution in [2.24, 2.45) is 0 Å². The molecule has 3 rings (SSSR count). The molecule has 0 saturated heterocycles. The SMILES string of the molecule is O=C1OCc2ccc(NS(=O)(=O)c3ccc(Cl)c(Cl)c3)cc21. The van der Waals surface area contributed by atoms with Gasteiger partial charge in [0.05, 0.1) is 20.5 Å². The lowest BCUT2D eigenvalue weighted by atomic mass is 10.1. The highest BCUT2D eigenvalue weighted by Gasteiger charge is 2.22. The van der Waals surface area contributed by atoms with Gasteiger partial charge in [0.1, 0.15) is 6.61 Å². The number of carbonyl (C=O) groups is 1. The van der Waals surface area contributed by atoms with Crippen LogP contribution in [0, 0.1) is 0 Å². The molecule has 0 spiro atoms. The van der Waals surface area contributed by atoms with Crippen molar-refractivity contribution in [2.45, 2.75) is 11.5 Å². The molecule has 0 fully saturated rings. The van der Waals surface area contributed by atoms with Crippen LogP contribution in [0.4, 0.5) is 5.69 Å². The lowest BCUT2D eigenvalue weighted by Gasteiger charge is -2.09. The monoisotopic (exact) mass is 357 g/mol. The van der Waals surface area contributed by atoms with Gasteiger partial charge in [0, 0.05) is 11.3 Å². The third-order valence-electron chi connectivity index (χ3n) is 3.14. The smallest absolute Gasteiger partial charge is 0.338 e. The molecule has 1 aliphatic heterocycles. The van der Waals surface area contributed by atoms with Gasteiger partial charge in [0.15, 0.2) is 0 Å². The average Bonchev–Trinajstić information content (AvgIpc) is 2.83. The summed E-state index contributed by atoms with van der Waals surface area (Å²) in [5, 5.41) is 0.406. The minimum absolute atomic E-state index is 0.0232. The fourth-order valence-electron chi connectivity index (χ4n) is 2.03. The number of cyclic esters (lactones) is 1. The standard InChI is InChI=1S/C14H9Cl2NO4S/c15-12-4-3-10(6-13(12)16)22(19,20)17-9-2-1-8-7-21-14(18)11(8)5-9/h1-6,17H,7H2. The van der Waals surface area contributed by atoms with Crippen LogP contribution < -0.4 is 4.72 Å². The number of benzene rings is 2. The lowest BCUT2D eigenvalue weighted by molar-refractivity contribution is 0.0535. The number of hydrogen-bond acceptors (Lipinski definition) is 4. The summed E-state index contributed by atoms with van der Waals surface area (Å²) < 4.78 is 31.9. The van der Waals surface area contributed by atoms with Gasteiger partial charge in [0.25, 0.3) is 10.0 Å². The molecule has 0 atom stereocenters. The molecule has 1 heterocycles. The molecule has 0 aliphatic carbocycles. The largest absolute Gasteiger partial charge is 0.457 e. The van der Waals surface area contributed by atoms with Crippen LogP contribution in [0.5, 0.6) is 0 Å². The summed E-state index contributed by atoms with van der Waals surface area (Å²) in [4.78, 5) is 11.5. The summed E-state index contributed by atoms with van der Waals surface area (Å²) in [6, 6.07) is 8.66. The van der Waals surface area contributed by atoms with Crippen molar-refractivity contribution in [2.75, 3.05) is 4.72 Å². The van der Waals surface area contributed by atoms with E-state index in [2.05, 4.69) is 4.72 Å². The van der Waals surface area contributed by atoms with Gasteiger partial charge < -0.3 is 4.74 Å². The molecule has 0 aromatic heterocycles. The first-order chi connectivity index (χ1) is 10.4. The van der Waals surface area contributed by atoms with Crippen molar-refractivity contribution in [1.29, 1.82) is 0 Å². The van der Waals surface area contributed by atoms with E-state index in [-0.39, 0.29) is 27.2 Å². The van der Waals surface area contributed by atoms with Crippen LogP contribution in [-0.4, -0.2) is 14.4 Å². The number of hydrogen-bond donors (Lipinski definition) is 1. The molecule has 0 bridgehead atoms. The van der Waals surface area contributed by atoms with Crippen LogP contribution in [-0.2, 0) is 21.4 Å². The van der Waals surface area contributed by atoms with Crippen molar-refractivity contribution in [3.8, 4) is 0 Å². The Balaban J connectivity index is 1.93. The maximum Gasteiger partial charge on any atom is 0.338 e. The summed E-state index contributed by atoms with van der Waals surface area (Å²) >= 11 is 11.6. The molecule has 114 valence electrons. The highest BCUT2D eigenvalue weighted by atomic mass is 35.5. The Morgan fingerprint density at radius 3 is 2.55 bits per heavy atom. The van der Waals surface area contributed by atoms with Crippen molar-refractivity contribution in [3.05, 3.63) is 57.6 Å². The number of ether oxygens (including phenoxy) is 1. The van der Waals surface area contributed by atoms with Crippen LogP contribution in [0.25, 0.3) is 0 Å². The maximum atomic E-state index is 12.3. The molecule has 22 heavy (non-hydrogen) atoms. The third-order valence-corrected chi connectivity index (χ3v) is 5.26. The van der Waals surface area contributed by atoms with Crippen LogP contribution in [0.1, 0.15) is 15.9 Å². The van der Waals surface area contributed by atoms with Gasteiger partial charge in [-0.1, -0.05) is 29.3 Å². The van der Waals surface area contributed by atoms with Crippen LogP contribution in [0.15, 0.2) is 41.3 Å². The van der Waals surface area contributed by atoms with E-state index >= 15 is 0 Å². The van der Waals surface area contributed by atoms with E-state index in [4.69, 9.17) is 27.9 Å². The molecule has 0 radical (unpaired) electrons.